The first-order chi connectivity index (χ1) is 8.30. The molecular formula is C14H30N2O. The highest BCUT2D eigenvalue weighted by Gasteiger charge is 2.16. The first-order valence-electron chi connectivity index (χ1n) is 7.36. The zero-order chi connectivity index (χ0) is 12.5. The Labute approximate surface area is 107 Å². The van der Waals surface area contributed by atoms with E-state index in [0.717, 1.165) is 25.4 Å². The van der Waals surface area contributed by atoms with E-state index in [9.17, 15) is 5.11 Å². The smallest absolute Gasteiger partial charge is 0.0585 e. The number of hydrogen-bond acceptors (Lipinski definition) is 3. The van der Waals surface area contributed by atoms with Gasteiger partial charge in [-0.3, -0.25) is 0 Å². The average Bonchev–Trinajstić information content (AvgIpc) is 2.59. The molecule has 1 aliphatic heterocycles. The van der Waals surface area contributed by atoms with Crippen LogP contribution in [0, 0.1) is 5.92 Å². The second-order valence-corrected chi connectivity index (χ2v) is 5.27. The summed E-state index contributed by atoms with van der Waals surface area (Å²) in [6.45, 7) is 9.26. The molecule has 2 atom stereocenters. The van der Waals surface area contributed by atoms with Crippen LogP contribution in [0.3, 0.4) is 0 Å². The van der Waals surface area contributed by atoms with E-state index >= 15 is 0 Å². The van der Waals surface area contributed by atoms with Crippen LogP contribution < -0.4 is 5.32 Å². The molecule has 3 nitrogen and oxygen atoms in total. The third-order valence-corrected chi connectivity index (χ3v) is 4.02. The molecule has 0 radical (unpaired) electrons. The Balaban J connectivity index is 2.22. The van der Waals surface area contributed by atoms with E-state index in [4.69, 9.17) is 0 Å². The minimum absolute atomic E-state index is 0.263. The van der Waals surface area contributed by atoms with Gasteiger partial charge in [0.05, 0.1) is 6.61 Å². The van der Waals surface area contributed by atoms with Gasteiger partial charge in [-0.05, 0) is 57.8 Å². The van der Waals surface area contributed by atoms with Crippen LogP contribution in [0.2, 0.25) is 0 Å². The fraction of sp³-hybridized carbons (Fsp3) is 1.00. The van der Waals surface area contributed by atoms with Crippen molar-refractivity contribution in [2.45, 2.75) is 52.0 Å². The molecule has 0 aromatic carbocycles. The van der Waals surface area contributed by atoms with Crippen molar-refractivity contribution >= 4 is 0 Å². The molecule has 1 heterocycles. The predicted molar refractivity (Wildman–Crippen MR) is 73.2 cm³/mol. The van der Waals surface area contributed by atoms with E-state index in [1.165, 1.54) is 38.8 Å². The fourth-order valence-electron chi connectivity index (χ4n) is 2.74. The summed E-state index contributed by atoms with van der Waals surface area (Å²) in [4.78, 5) is 2.58. The average molecular weight is 242 g/mol. The van der Waals surface area contributed by atoms with E-state index in [1.807, 2.05) is 0 Å². The van der Waals surface area contributed by atoms with Gasteiger partial charge in [0.1, 0.15) is 0 Å². The van der Waals surface area contributed by atoms with Gasteiger partial charge in [-0.1, -0.05) is 20.3 Å². The van der Waals surface area contributed by atoms with E-state index < -0.39 is 0 Å². The van der Waals surface area contributed by atoms with E-state index in [-0.39, 0.29) is 12.6 Å². The number of aliphatic hydroxyl groups excluding tert-OH is 1. The lowest BCUT2D eigenvalue weighted by molar-refractivity contribution is 0.208. The third-order valence-electron chi connectivity index (χ3n) is 4.02. The zero-order valence-electron chi connectivity index (χ0n) is 11.6. The SMILES string of the molecule is CCNC(CO)CCN1CCCC(CC)CC1. The second kappa shape index (κ2) is 8.90. The Morgan fingerprint density at radius 1 is 1.29 bits per heavy atom. The summed E-state index contributed by atoms with van der Waals surface area (Å²) >= 11 is 0. The predicted octanol–water partition coefficient (Wildman–Crippen LogP) is 1.86. The summed E-state index contributed by atoms with van der Waals surface area (Å²) in [5.74, 6) is 0.947. The van der Waals surface area contributed by atoms with Crippen LogP contribution in [0.4, 0.5) is 0 Å². The van der Waals surface area contributed by atoms with Gasteiger partial charge in [0.2, 0.25) is 0 Å². The maximum absolute atomic E-state index is 9.24. The number of likely N-dealkylation sites (N-methyl/N-ethyl adjacent to an activating group) is 1. The van der Waals surface area contributed by atoms with Gasteiger partial charge in [0.25, 0.3) is 0 Å². The van der Waals surface area contributed by atoms with Gasteiger partial charge in [-0.2, -0.15) is 0 Å². The highest BCUT2D eigenvalue weighted by molar-refractivity contribution is 4.72. The molecule has 0 saturated carbocycles. The molecule has 3 heteroatoms. The monoisotopic (exact) mass is 242 g/mol. The third kappa shape index (κ3) is 5.84. The molecule has 1 saturated heterocycles. The Morgan fingerprint density at radius 2 is 2.12 bits per heavy atom. The van der Waals surface area contributed by atoms with E-state index in [0.29, 0.717) is 0 Å². The summed E-state index contributed by atoms with van der Waals surface area (Å²) in [7, 11) is 0. The lowest BCUT2D eigenvalue weighted by Gasteiger charge is -2.23. The topological polar surface area (TPSA) is 35.5 Å². The molecule has 0 amide bonds. The summed E-state index contributed by atoms with van der Waals surface area (Å²) in [6, 6.07) is 0.283. The molecule has 2 N–H and O–H groups in total. The molecule has 1 rings (SSSR count). The summed E-state index contributed by atoms with van der Waals surface area (Å²) in [5.41, 5.74) is 0. The van der Waals surface area contributed by atoms with Crippen LogP contribution in [0.25, 0.3) is 0 Å². The second-order valence-electron chi connectivity index (χ2n) is 5.27. The van der Waals surface area contributed by atoms with Gasteiger partial charge in [-0.15, -0.1) is 0 Å². The Bertz CT molecular complexity index is 187. The van der Waals surface area contributed by atoms with Gasteiger partial charge in [0.15, 0.2) is 0 Å². The van der Waals surface area contributed by atoms with E-state index in [2.05, 4.69) is 24.1 Å². The largest absolute Gasteiger partial charge is 0.395 e. The molecule has 0 aliphatic carbocycles. The summed E-state index contributed by atoms with van der Waals surface area (Å²) in [6.07, 6.45) is 6.53. The van der Waals surface area contributed by atoms with Crippen molar-refractivity contribution in [2.24, 2.45) is 5.92 Å². The number of nitrogens with one attached hydrogen (secondary N) is 1. The molecule has 0 aromatic rings. The van der Waals surface area contributed by atoms with Gasteiger partial charge < -0.3 is 15.3 Å². The molecular weight excluding hydrogens is 212 g/mol. The highest BCUT2D eigenvalue weighted by Crippen LogP contribution is 2.20. The van der Waals surface area contributed by atoms with Crippen molar-refractivity contribution in [3.63, 3.8) is 0 Å². The van der Waals surface area contributed by atoms with Crippen LogP contribution in [-0.2, 0) is 0 Å². The van der Waals surface area contributed by atoms with Crippen LogP contribution in [-0.4, -0.2) is 48.8 Å². The summed E-state index contributed by atoms with van der Waals surface area (Å²) < 4.78 is 0. The molecule has 102 valence electrons. The minimum atomic E-state index is 0.263. The van der Waals surface area contributed by atoms with Crippen molar-refractivity contribution in [1.82, 2.24) is 10.2 Å². The normalized spacial score (nSPS) is 24.5. The summed E-state index contributed by atoms with van der Waals surface area (Å²) in [5, 5.41) is 12.6. The molecule has 1 aliphatic rings. The maximum Gasteiger partial charge on any atom is 0.0585 e. The van der Waals surface area contributed by atoms with Crippen LogP contribution in [0.5, 0.6) is 0 Å². The maximum atomic E-state index is 9.24. The van der Waals surface area contributed by atoms with Gasteiger partial charge in [-0.25, -0.2) is 0 Å². The lowest BCUT2D eigenvalue weighted by Crippen LogP contribution is -2.37. The highest BCUT2D eigenvalue weighted by atomic mass is 16.3. The zero-order valence-corrected chi connectivity index (χ0v) is 11.6. The molecule has 2 unspecified atom stereocenters. The van der Waals surface area contributed by atoms with Crippen molar-refractivity contribution < 1.29 is 5.11 Å². The molecule has 0 spiro atoms. The molecule has 0 bridgehead atoms. The molecule has 0 aromatic heterocycles. The van der Waals surface area contributed by atoms with Gasteiger partial charge in [0, 0.05) is 6.04 Å². The number of rotatable bonds is 7. The fourth-order valence-corrected chi connectivity index (χ4v) is 2.74. The first kappa shape index (κ1) is 14.9. The van der Waals surface area contributed by atoms with Crippen molar-refractivity contribution in [2.75, 3.05) is 32.8 Å². The number of nitrogens with zero attached hydrogens (tertiary/aromatic N) is 1. The lowest BCUT2D eigenvalue weighted by atomic mass is 9.98. The Morgan fingerprint density at radius 3 is 2.76 bits per heavy atom. The Hall–Kier alpha value is -0.120. The van der Waals surface area contributed by atoms with Crippen LogP contribution >= 0.6 is 0 Å². The number of likely N-dealkylation sites (tertiary alicyclic amines) is 1. The van der Waals surface area contributed by atoms with Gasteiger partial charge >= 0.3 is 0 Å². The van der Waals surface area contributed by atoms with Crippen molar-refractivity contribution in [3.05, 3.63) is 0 Å². The number of aliphatic hydroxyl groups is 1. The minimum Gasteiger partial charge on any atom is -0.395 e. The number of hydrogen-bond donors (Lipinski definition) is 2. The quantitative estimate of drug-likeness (QED) is 0.715. The van der Waals surface area contributed by atoms with Crippen molar-refractivity contribution in [1.29, 1.82) is 0 Å². The molecule has 17 heavy (non-hydrogen) atoms. The van der Waals surface area contributed by atoms with Crippen LogP contribution in [0.15, 0.2) is 0 Å². The Kier molecular flexibility index (Phi) is 7.82. The van der Waals surface area contributed by atoms with Crippen LogP contribution in [0.1, 0.15) is 46.0 Å². The van der Waals surface area contributed by atoms with E-state index in [1.54, 1.807) is 0 Å². The molecule has 1 fully saturated rings. The first-order valence-corrected chi connectivity index (χ1v) is 7.36. The van der Waals surface area contributed by atoms with Crippen molar-refractivity contribution in [3.8, 4) is 0 Å². The standard InChI is InChI=1S/C14H30N2O/c1-3-13-6-5-9-16(10-7-13)11-8-14(12-17)15-4-2/h13-15,17H,3-12H2,1-2H3.